The average Bonchev–Trinajstić information content (AvgIpc) is 2.68. The van der Waals surface area contributed by atoms with E-state index in [4.69, 9.17) is 0 Å². The predicted octanol–water partition coefficient (Wildman–Crippen LogP) is 1.70. The normalized spacial score (nSPS) is 16.9. The SMILES string of the molecule is C1=Cn2c3[n+](c4ccccc42)C=CCN3C1. The summed E-state index contributed by atoms with van der Waals surface area (Å²) < 4.78 is 4.53. The minimum atomic E-state index is 1.00. The summed E-state index contributed by atoms with van der Waals surface area (Å²) in [5.74, 6) is 1.27. The number of rotatable bonds is 0. The molecule has 78 valence electrons. The first-order chi connectivity index (χ1) is 7.95. The number of hydrogen-bond donors (Lipinski definition) is 0. The van der Waals surface area contributed by atoms with Crippen LogP contribution in [0.15, 0.2) is 36.4 Å². The molecule has 3 heterocycles. The summed E-state index contributed by atoms with van der Waals surface area (Å²) in [5, 5.41) is 0. The van der Waals surface area contributed by atoms with Crippen LogP contribution >= 0.6 is 0 Å². The van der Waals surface area contributed by atoms with Crippen molar-refractivity contribution in [2.24, 2.45) is 0 Å². The van der Waals surface area contributed by atoms with Gasteiger partial charge in [0.25, 0.3) is 0 Å². The van der Waals surface area contributed by atoms with E-state index in [1.807, 2.05) is 0 Å². The lowest BCUT2D eigenvalue weighted by Gasteiger charge is -2.20. The molecule has 0 fully saturated rings. The molecular formula is C13H12N3+. The lowest BCUT2D eigenvalue weighted by molar-refractivity contribution is -0.527. The van der Waals surface area contributed by atoms with Gasteiger partial charge in [-0.25, -0.2) is 9.13 Å². The molecule has 0 radical (unpaired) electrons. The molecule has 0 spiro atoms. The Kier molecular flexibility index (Phi) is 1.41. The largest absolute Gasteiger partial charge is 0.370 e. The van der Waals surface area contributed by atoms with Gasteiger partial charge in [-0.15, -0.1) is 0 Å². The average molecular weight is 210 g/mol. The fourth-order valence-electron chi connectivity index (χ4n) is 2.60. The van der Waals surface area contributed by atoms with Crippen LogP contribution in [0.5, 0.6) is 0 Å². The van der Waals surface area contributed by atoms with Gasteiger partial charge in [0, 0.05) is 0 Å². The number of fused-ring (bicyclic) bond motifs is 3. The van der Waals surface area contributed by atoms with Crippen LogP contribution in [0.3, 0.4) is 0 Å². The highest BCUT2D eigenvalue weighted by Gasteiger charge is 2.30. The van der Waals surface area contributed by atoms with Gasteiger partial charge in [-0.05, 0) is 24.3 Å². The van der Waals surface area contributed by atoms with E-state index >= 15 is 0 Å². The number of anilines is 1. The van der Waals surface area contributed by atoms with Gasteiger partial charge in [-0.3, -0.25) is 4.90 Å². The van der Waals surface area contributed by atoms with Crippen LogP contribution in [-0.4, -0.2) is 17.7 Å². The molecule has 2 aliphatic heterocycles. The maximum absolute atomic E-state index is 2.38. The predicted molar refractivity (Wildman–Crippen MR) is 65.0 cm³/mol. The van der Waals surface area contributed by atoms with E-state index in [9.17, 15) is 0 Å². The zero-order chi connectivity index (χ0) is 10.5. The molecule has 0 unspecified atom stereocenters. The summed E-state index contributed by atoms with van der Waals surface area (Å²) in [5.41, 5.74) is 2.54. The second-order valence-electron chi connectivity index (χ2n) is 4.20. The van der Waals surface area contributed by atoms with Crippen molar-refractivity contribution in [1.82, 2.24) is 4.57 Å². The highest BCUT2D eigenvalue weighted by atomic mass is 15.4. The van der Waals surface area contributed by atoms with E-state index in [0.717, 1.165) is 13.1 Å². The summed E-state index contributed by atoms with van der Waals surface area (Å²) in [6.07, 6.45) is 8.76. The smallest absolute Gasteiger partial charge is 0.256 e. The van der Waals surface area contributed by atoms with Gasteiger partial charge in [0.05, 0.1) is 25.5 Å². The molecule has 0 N–H and O–H groups in total. The Morgan fingerprint density at radius 1 is 1.06 bits per heavy atom. The monoisotopic (exact) mass is 210 g/mol. The minimum absolute atomic E-state index is 1.00. The van der Waals surface area contributed by atoms with Gasteiger partial charge in [0.15, 0.2) is 0 Å². The Labute approximate surface area is 93.5 Å². The lowest BCUT2D eigenvalue weighted by Crippen LogP contribution is -2.42. The van der Waals surface area contributed by atoms with Crippen molar-refractivity contribution in [2.75, 3.05) is 18.0 Å². The number of benzene rings is 1. The minimum Gasteiger partial charge on any atom is -0.256 e. The van der Waals surface area contributed by atoms with Gasteiger partial charge in [0.1, 0.15) is 11.0 Å². The molecule has 0 amide bonds. The summed E-state index contributed by atoms with van der Waals surface area (Å²) in [6.45, 7) is 2.00. The van der Waals surface area contributed by atoms with Crippen LogP contribution in [0.25, 0.3) is 23.4 Å². The van der Waals surface area contributed by atoms with Crippen LogP contribution < -0.4 is 9.47 Å². The highest BCUT2D eigenvalue weighted by molar-refractivity contribution is 5.79. The molecular weight excluding hydrogens is 198 g/mol. The van der Waals surface area contributed by atoms with Crippen LogP contribution in [0.2, 0.25) is 0 Å². The van der Waals surface area contributed by atoms with E-state index in [1.54, 1.807) is 0 Å². The van der Waals surface area contributed by atoms with Crippen LogP contribution in [0.4, 0.5) is 5.95 Å². The summed E-state index contributed by atoms with van der Waals surface area (Å²) >= 11 is 0. The third kappa shape index (κ3) is 0.858. The maximum Gasteiger partial charge on any atom is 0.370 e. The molecule has 4 rings (SSSR count). The Bertz CT molecular complexity index is 581. The van der Waals surface area contributed by atoms with E-state index < -0.39 is 0 Å². The van der Waals surface area contributed by atoms with Gasteiger partial charge in [-0.1, -0.05) is 12.1 Å². The Morgan fingerprint density at radius 2 is 1.94 bits per heavy atom. The molecule has 0 atom stereocenters. The van der Waals surface area contributed by atoms with Crippen molar-refractivity contribution in [3.8, 4) is 0 Å². The van der Waals surface area contributed by atoms with E-state index in [1.165, 1.54) is 17.0 Å². The highest BCUT2D eigenvalue weighted by Crippen LogP contribution is 2.25. The van der Waals surface area contributed by atoms with E-state index in [0.29, 0.717) is 0 Å². The first-order valence-corrected chi connectivity index (χ1v) is 5.58. The quantitative estimate of drug-likeness (QED) is 0.603. The summed E-state index contributed by atoms with van der Waals surface area (Å²) in [7, 11) is 0. The Morgan fingerprint density at radius 3 is 2.94 bits per heavy atom. The van der Waals surface area contributed by atoms with Crippen LogP contribution in [-0.2, 0) is 0 Å². The van der Waals surface area contributed by atoms with Crippen molar-refractivity contribution < 1.29 is 4.57 Å². The number of hydrogen-bond acceptors (Lipinski definition) is 1. The Hall–Kier alpha value is -2.03. The number of aromatic nitrogens is 2. The van der Waals surface area contributed by atoms with Crippen molar-refractivity contribution in [1.29, 1.82) is 0 Å². The lowest BCUT2D eigenvalue weighted by atomic mass is 10.3. The molecule has 3 nitrogen and oxygen atoms in total. The zero-order valence-electron chi connectivity index (χ0n) is 8.87. The van der Waals surface area contributed by atoms with Crippen LogP contribution in [0.1, 0.15) is 0 Å². The van der Waals surface area contributed by atoms with Crippen LogP contribution in [0, 0.1) is 0 Å². The zero-order valence-corrected chi connectivity index (χ0v) is 8.87. The summed E-state index contributed by atoms with van der Waals surface area (Å²) in [6, 6.07) is 8.52. The fourth-order valence-corrected chi connectivity index (χ4v) is 2.60. The van der Waals surface area contributed by atoms with Crippen molar-refractivity contribution in [3.63, 3.8) is 0 Å². The molecule has 0 aliphatic carbocycles. The number of para-hydroxylation sites is 2. The van der Waals surface area contributed by atoms with Gasteiger partial charge in [-0.2, -0.15) is 0 Å². The van der Waals surface area contributed by atoms with Crippen molar-refractivity contribution in [2.45, 2.75) is 0 Å². The molecule has 16 heavy (non-hydrogen) atoms. The van der Waals surface area contributed by atoms with Crippen molar-refractivity contribution in [3.05, 3.63) is 36.4 Å². The molecule has 0 saturated carbocycles. The second-order valence-corrected chi connectivity index (χ2v) is 4.20. The third-order valence-corrected chi connectivity index (χ3v) is 3.28. The topological polar surface area (TPSA) is 12.0 Å². The fraction of sp³-hybridized carbons (Fsp3) is 0.154. The molecule has 3 heteroatoms. The van der Waals surface area contributed by atoms with Gasteiger partial charge < -0.3 is 0 Å². The maximum atomic E-state index is 2.38. The number of imidazole rings is 1. The van der Waals surface area contributed by atoms with Crippen molar-refractivity contribution >= 4 is 29.4 Å². The number of nitrogens with zero attached hydrogens (tertiary/aromatic N) is 3. The molecule has 1 aromatic heterocycles. The third-order valence-electron chi connectivity index (χ3n) is 3.28. The molecule has 0 saturated heterocycles. The molecule has 2 aromatic rings. The van der Waals surface area contributed by atoms with E-state index in [2.05, 4.69) is 62.9 Å². The molecule has 0 bridgehead atoms. The van der Waals surface area contributed by atoms with Gasteiger partial charge in [0.2, 0.25) is 0 Å². The first kappa shape index (κ1) is 8.16. The first-order valence-electron chi connectivity index (χ1n) is 5.58. The second kappa shape index (κ2) is 2.76. The Balaban J connectivity index is 2.22. The summed E-state index contributed by atoms with van der Waals surface area (Å²) in [4.78, 5) is 2.38. The van der Waals surface area contributed by atoms with E-state index in [-0.39, 0.29) is 0 Å². The standard InChI is InChI=1S/C13H12N3/c1-2-6-12-11(5-1)15-9-3-7-14-8-4-10-16(12)13(14)15/h1-6,9-10H,7-8H2/q+1. The van der Waals surface area contributed by atoms with Gasteiger partial charge >= 0.3 is 5.95 Å². The molecule has 2 aliphatic rings. The molecule has 1 aromatic carbocycles.